The second-order valence-corrected chi connectivity index (χ2v) is 2.13. The molecular formula is C6H10ClO. The first-order chi connectivity index (χ1) is 3.68. The zero-order valence-electron chi connectivity index (χ0n) is 4.89. The minimum Gasteiger partial charge on any atom is -0.388 e. The van der Waals surface area contributed by atoms with Crippen molar-refractivity contribution in [3.05, 3.63) is 11.6 Å². The van der Waals surface area contributed by atoms with Gasteiger partial charge in [-0.1, -0.05) is 24.9 Å². The van der Waals surface area contributed by atoms with E-state index >= 15 is 0 Å². The van der Waals surface area contributed by atoms with Gasteiger partial charge >= 0.3 is 0 Å². The molecule has 0 aliphatic carbocycles. The van der Waals surface area contributed by atoms with Crippen molar-refractivity contribution in [2.24, 2.45) is 0 Å². The molecule has 0 aliphatic heterocycles. The van der Waals surface area contributed by atoms with Crippen molar-refractivity contribution in [3.63, 3.8) is 0 Å². The molecule has 0 spiro atoms. The molecule has 0 heterocycles. The summed E-state index contributed by atoms with van der Waals surface area (Å²) in [4.78, 5) is 0. The molecule has 0 aliphatic rings. The lowest BCUT2D eigenvalue weighted by molar-refractivity contribution is 0.207. The summed E-state index contributed by atoms with van der Waals surface area (Å²) >= 11 is 5.25. The highest BCUT2D eigenvalue weighted by atomic mass is 35.5. The van der Waals surface area contributed by atoms with Gasteiger partial charge in [-0.25, -0.2) is 0 Å². The van der Waals surface area contributed by atoms with E-state index < -0.39 is 6.10 Å². The lowest BCUT2D eigenvalue weighted by Crippen LogP contribution is -2.03. The zero-order valence-corrected chi connectivity index (χ0v) is 5.65. The molecule has 8 heavy (non-hydrogen) atoms. The van der Waals surface area contributed by atoms with Gasteiger partial charge in [-0.2, -0.15) is 0 Å². The minimum atomic E-state index is -0.623. The Balaban J connectivity index is 3.32. The van der Waals surface area contributed by atoms with Crippen molar-refractivity contribution in [2.75, 3.05) is 0 Å². The second-order valence-electron chi connectivity index (χ2n) is 1.69. The van der Waals surface area contributed by atoms with Crippen LogP contribution < -0.4 is 0 Å². The molecule has 1 atom stereocenters. The maximum atomic E-state index is 8.83. The summed E-state index contributed by atoms with van der Waals surface area (Å²) in [6, 6.07) is 0. The van der Waals surface area contributed by atoms with Crippen LogP contribution in [0.4, 0.5) is 0 Å². The number of rotatable bonds is 3. The number of hydrogen-bond donors (Lipinski definition) is 1. The van der Waals surface area contributed by atoms with E-state index in [1.165, 1.54) is 0 Å². The van der Waals surface area contributed by atoms with Crippen LogP contribution in [0.15, 0.2) is 5.03 Å². The standard InChI is InChI=1S/C6H10ClO/c1-3-4-6(8)5(2)7/h2,6,8H,3-4H2,1H3. The third-order valence-electron chi connectivity index (χ3n) is 0.880. The predicted molar refractivity (Wildman–Crippen MR) is 34.6 cm³/mol. The molecule has 47 valence electrons. The minimum absolute atomic E-state index is 0.0897. The Kier molecular flexibility index (Phi) is 3.92. The quantitative estimate of drug-likeness (QED) is 0.622. The van der Waals surface area contributed by atoms with Crippen LogP contribution in [0.25, 0.3) is 0 Å². The second kappa shape index (κ2) is 3.93. The van der Waals surface area contributed by atoms with Crippen molar-refractivity contribution in [1.82, 2.24) is 0 Å². The summed E-state index contributed by atoms with van der Waals surface area (Å²) in [7, 11) is 0. The summed E-state index contributed by atoms with van der Waals surface area (Å²) in [5.41, 5.74) is 0. The van der Waals surface area contributed by atoms with E-state index in [9.17, 15) is 0 Å². The van der Waals surface area contributed by atoms with Gasteiger partial charge < -0.3 is 5.11 Å². The molecule has 0 rings (SSSR count). The fourth-order valence-corrected chi connectivity index (χ4v) is 0.520. The van der Waals surface area contributed by atoms with Crippen LogP contribution in [-0.4, -0.2) is 11.2 Å². The molecular weight excluding hydrogens is 124 g/mol. The fraction of sp³-hybridized carbons (Fsp3) is 0.667. The van der Waals surface area contributed by atoms with Crippen molar-refractivity contribution in [2.45, 2.75) is 25.9 Å². The maximum Gasteiger partial charge on any atom is 0.0895 e. The predicted octanol–water partition coefficient (Wildman–Crippen LogP) is 1.70. The van der Waals surface area contributed by atoms with Crippen molar-refractivity contribution in [1.29, 1.82) is 0 Å². The zero-order chi connectivity index (χ0) is 6.57. The van der Waals surface area contributed by atoms with Crippen molar-refractivity contribution < 1.29 is 5.11 Å². The van der Waals surface area contributed by atoms with E-state index in [1.54, 1.807) is 0 Å². The molecule has 0 saturated carbocycles. The van der Waals surface area contributed by atoms with Gasteiger partial charge in [-0.15, -0.1) is 0 Å². The topological polar surface area (TPSA) is 20.2 Å². The average molecular weight is 134 g/mol. The Morgan fingerprint density at radius 2 is 2.38 bits per heavy atom. The van der Waals surface area contributed by atoms with E-state index in [1.807, 2.05) is 6.92 Å². The Morgan fingerprint density at radius 3 is 2.50 bits per heavy atom. The summed E-state index contributed by atoms with van der Waals surface area (Å²) in [6.45, 7) is 7.02. The van der Waals surface area contributed by atoms with Gasteiger partial charge in [0, 0.05) is 5.03 Å². The molecule has 1 N–H and O–H groups in total. The monoisotopic (exact) mass is 133 g/mol. The highest BCUT2D eigenvalue weighted by molar-refractivity contribution is 6.29. The van der Waals surface area contributed by atoms with Gasteiger partial charge in [0.2, 0.25) is 0 Å². The van der Waals surface area contributed by atoms with E-state index in [0.717, 1.165) is 6.42 Å². The highest BCUT2D eigenvalue weighted by Gasteiger charge is 2.02. The molecule has 0 saturated heterocycles. The van der Waals surface area contributed by atoms with Gasteiger partial charge in [-0.3, -0.25) is 0 Å². The largest absolute Gasteiger partial charge is 0.388 e. The summed E-state index contributed by atoms with van der Waals surface area (Å²) in [6.07, 6.45) is 0.922. The summed E-state index contributed by atoms with van der Waals surface area (Å²) in [5.74, 6) is 0. The molecule has 0 aromatic carbocycles. The molecule has 1 unspecified atom stereocenters. The summed E-state index contributed by atoms with van der Waals surface area (Å²) < 4.78 is 0. The van der Waals surface area contributed by atoms with Crippen LogP contribution in [0.1, 0.15) is 19.8 Å². The molecule has 1 nitrogen and oxygen atoms in total. The van der Waals surface area contributed by atoms with Crippen molar-refractivity contribution >= 4 is 11.6 Å². The summed E-state index contributed by atoms with van der Waals surface area (Å²) in [5, 5.41) is 8.92. The van der Waals surface area contributed by atoms with Crippen LogP contribution in [-0.2, 0) is 0 Å². The van der Waals surface area contributed by atoms with Crippen LogP contribution in [0.5, 0.6) is 0 Å². The molecule has 0 aromatic rings. The van der Waals surface area contributed by atoms with Crippen LogP contribution in [0, 0.1) is 6.58 Å². The third-order valence-corrected chi connectivity index (χ3v) is 1.13. The van der Waals surface area contributed by atoms with Gasteiger partial charge in [0.25, 0.3) is 0 Å². The van der Waals surface area contributed by atoms with Gasteiger partial charge in [0.05, 0.1) is 6.10 Å². The molecule has 2 heteroatoms. The molecule has 0 amide bonds. The SMILES string of the molecule is [CH]=C(Cl)C(O)CCC. The number of hydrogen-bond acceptors (Lipinski definition) is 1. The number of aliphatic hydroxyl groups is 1. The lowest BCUT2D eigenvalue weighted by Gasteiger charge is -2.03. The molecule has 0 fully saturated rings. The van der Waals surface area contributed by atoms with E-state index in [-0.39, 0.29) is 5.03 Å². The first-order valence-electron chi connectivity index (χ1n) is 2.64. The number of aliphatic hydroxyl groups excluding tert-OH is 1. The first-order valence-corrected chi connectivity index (χ1v) is 3.02. The Labute approximate surface area is 55.0 Å². The van der Waals surface area contributed by atoms with Crippen LogP contribution in [0.3, 0.4) is 0 Å². The molecule has 0 aromatic heterocycles. The third kappa shape index (κ3) is 3.05. The highest BCUT2D eigenvalue weighted by Crippen LogP contribution is 2.08. The molecule has 1 radical (unpaired) electrons. The van der Waals surface area contributed by atoms with E-state index in [0.29, 0.717) is 6.42 Å². The van der Waals surface area contributed by atoms with Gasteiger partial charge in [-0.05, 0) is 13.0 Å². The molecule has 0 bridgehead atoms. The smallest absolute Gasteiger partial charge is 0.0895 e. The Bertz CT molecular complexity index is 80.6. The lowest BCUT2D eigenvalue weighted by atomic mass is 10.2. The Hall–Kier alpha value is -0.0100. The van der Waals surface area contributed by atoms with Gasteiger partial charge in [0.15, 0.2) is 0 Å². The first kappa shape index (κ1) is 7.99. The van der Waals surface area contributed by atoms with Crippen LogP contribution >= 0.6 is 11.6 Å². The number of halogens is 1. The van der Waals surface area contributed by atoms with E-state index in [2.05, 4.69) is 0 Å². The normalized spacial score (nSPS) is 13.4. The van der Waals surface area contributed by atoms with Gasteiger partial charge in [0.1, 0.15) is 0 Å². The fourth-order valence-electron chi connectivity index (χ4n) is 0.411. The van der Waals surface area contributed by atoms with Crippen molar-refractivity contribution in [3.8, 4) is 0 Å². The Morgan fingerprint density at radius 1 is 1.88 bits per heavy atom. The van der Waals surface area contributed by atoms with Crippen LogP contribution in [0.2, 0.25) is 0 Å². The maximum absolute atomic E-state index is 8.83. The van der Waals surface area contributed by atoms with E-state index in [4.69, 9.17) is 23.3 Å². The average Bonchev–Trinajstić information content (AvgIpc) is 1.67.